The molecule has 8 heteroatoms. The lowest BCUT2D eigenvalue weighted by Gasteiger charge is -2.24. The molecule has 2 aromatic heterocycles. The number of aromatic nitrogens is 2. The predicted octanol–water partition coefficient (Wildman–Crippen LogP) is 2.13. The van der Waals surface area contributed by atoms with Crippen molar-refractivity contribution in [1.82, 2.24) is 15.1 Å². The van der Waals surface area contributed by atoms with Gasteiger partial charge in [-0.15, -0.1) is 10.2 Å². The molecule has 0 saturated carbocycles. The van der Waals surface area contributed by atoms with Gasteiger partial charge in [0, 0.05) is 0 Å². The summed E-state index contributed by atoms with van der Waals surface area (Å²) in [5.74, 6) is -0.0664. The summed E-state index contributed by atoms with van der Waals surface area (Å²) >= 11 is 0. The van der Waals surface area contributed by atoms with Crippen molar-refractivity contribution in [2.24, 2.45) is 5.73 Å². The van der Waals surface area contributed by atoms with Crippen molar-refractivity contribution in [2.45, 2.75) is 12.6 Å². The molecule has 0 bridgehead atoms. The van der Waals surface area contributed by atoms with Gasteiger partial charge in [-0.3, -0.25) is 9.69 Å². The second-order valence-electron chi connectivity index (χ2n) is 5.25. The number of furan rings is 1. The number of rotatable bonds is 6. The van der Waals surface area contributed by atoms with Crippen molar-refractivity contribution in [3.05, 3.63) is 59.9 Å². The molecule has 7 nitrogen and oxygen atoms in total. The fraction of sp³-hybridized carbons (Fsp3) is 0.188. The van der Waals surface area contributed by atoms with E-state index >= 15 is 0 Å². The Morgan fingerprint density at radius 1 is 1.33 bits per heavy atom. The smallest absolute Gasteiger partial charge is 0.283 e. The highest BCUT2D eigenvalue weighted by atomic mass is 19.1. The van der Waals surface area contributed by atoms with E-state index in [2.05, 4.69) is 10.2 Å². The van der Waals surface area contributed by atoms with Crippen molar-refractivity contribution in [3.8, 4) is 11.7 Å². The number of hydrogen-bond acceptors (Lipinski definition) is 6. The van der Waals surface area contributed by atoms with E-state index in [0.717, 1.165) is 0 Å². The summed E-state index contributed by atoms with van der Waals surface area (Å²) in [6.45, 7) is 0.165. The highest BCUT2D eigenvalue weighted by molar-refractivity contribution is 5.81. The molecular weight excluding hydrogens is 315 g/mol. The molecule has 0 aliphatic heterocycles. The number of carbonyl (C=O) groups is 1. The van der Waals surface area contributed by atoms with Crippen LogP contribution in [0.1, 0.15) is 17.5 Å². The number of likely N-dealkylation sites (N-methyl/N-ethyl adjacent to an activating group) is 1. The second kappa shape index (κ2) is 6.63. The van der Waals surface area contributed by atoms with E-state index in [1.165, 1.54) is 24.5 Å². The maximum Gasteiger partial charge on any atom is 0.283 e. The zero-order valence-corrected chi connectivity index (χ0v) is 12.8. The fourth-order valence-corrected chi connectivity index (χ4v) is 2.43. The van der Waals surface area contributed by atoms with Crippen molar-refractivity contribution in [3.63, 3.8) is 0 Å². The molecule has 3 aromatic rings. The van der Waals surface area contributed by atoms with Crippen LogP contribution in [0.15, 0.2) is 51.5 Å². The van der Waals surface area contributed by atoms with E-state index in [0.29, 0.717) is 11.3 Å². The first-order chi connectivity index (χ1) is 11.5. The van der Waals surface area contributed by atoms with Gasteiger partial charge in [0.15, 0.2) is 5.76 Å². The Morgan fingerprint density at radius 2 is 2.17 bits per heavy atom. The van der Waals surface area contributed by atoms with Crippen LogP contribution in [0.3, 0.4) is 0 Å². The number of carbonyl (C=O) groups excluding carboxylic acids is 1. The summed E-state index contributed by atoms with van der Waals surface area (Å²) in [7, 11) is 1.66. The van der Waals surface area contributed by atoms with Crippen LogP contribution in [0.5, 0.6) is 0 Å². The van der Waals surface area contributed by atoms with Gasteiger partial charge in [-0.05, 0) is 36.9 Å². The Hall–Kier alpha value is -3.00. The van der Waals surface area contributed by atoms with Crippen molar-refractivity contribution < 1.29 is 18.0 Å². The lowest BCUT2D eigenvalue weighted by molar-refractivity contribution is -0.123. The van der Waals surface area contributed by atoms with E-state index < -0.39 is 17.8 Å². The standard InChI is InChI=1S/C16H15FN4O3/c1-21(14(15(18)22)10-4-2-5-11(17)8-10)9-13-19-20-16(24-13)12-6-3-7-23-12/h2-8,14H,9H2,1H3,(H2,18,22)/t14-/m0/s1. The van der Waals surface area contributed by atoms with E-state index in [1.807, 2.05) is 0 Å². The number of halogens is 1. The minimum atomic E-state index is -0.820. The van der Waals surface area contributed by atoms with Crippen LogP contribution < -0.4 is 5.73 Å². The van der Waals surface area contributed by atoms with Crippen molar-refractivity contribution in [1.29, 1.82) is 0 Å². The molecule has 0 radical (unpaired) electrons. The summed E-state index contributed by atoms with van der Waals surface area (Å²) in [4.78, 5) is 13.4. The average molecular weight is 330 g/mol. The molecule has 0 aliphatic rings. The molecule has 124 valence electrons. The van der Waals surface area contributed by atoms with Crippen LogP contribution in [0.4, 0.5) is 4.39 Å². The van der Waals surface area contributed by atoms with Crippen LogP contribution in [-0.4, -0.2) is 28.1 Å². The van der Waals surface area contributed by atoms with Gasteiger partial charge in [0.25, 0.3) is 5.89 Å². The first kappa shape index (κ1) is 15.9. The van der Waals surface area contributed by atoms with Gasteiger partial charge in [-0.1, -0.05) is 12.1 Å². The molecule has 0 spiro atoms. The SMILES string of the molecule is CN(Cc1nnc(-c2ccco2)o1)[C@H](C(N)=O)c1cccc(F)c1. The number of nitrogens with two attached hydrogens (primary N) is 1. The number of nitrogens with zero attached hydrogens (tertiary/aromatic N) is 3. The first-order valence-electron chi connectivity index (χ1n) is 7.16. The van der Waals surface area contributed by atoms with Gasteiger partial charge in [0.05, 0.1) is 12.8 Å². The third kappa shape index (κ3) is 3.33. The Morgan fingerprint density at radius 3 is 2.83 bits per heavy atom. The van der Waals surface area contributed by atoms with Gasteiger partial charge in [-0.25, -0.2) is 4.39 Å². The van der Waals surface area contributed by atoms with E-state index in [-0.39, 0.29) is 18.3 Å². The lowest BCUT2D eigenvalue weighted by atomic mass is 10.1. The molecule has 1 atom stereocenters. The van der Waals surface area contributed by atoms with Crippen LogP contribution in [0, 0.1) is 5.82 Å². The van der Waals surface area contributed by atoms with Gasteiger partial charge >= 0.3 is 0 Å². The Kier molecular flexibility index (Phi) is 4.39. The molecular formula is C16H15FN4O3. The van der Waals surface area contributed by atoms with Gasteiger partial charge in [-0.2, -0.15) is 0 Å². The Labute approximate surface area is 136 Å². The molecule has 0 saturated heterocycles. The predicted molar refractivity (Wildman–Crippen MR) is 81.8 cm³/mol. The molecule has 0 aliphatic carbocycles. The highest BCUT2D eigenvalue weighted by Gasteiger charge is 2.25. The molecule has 3 rings (SSSR count). The lowest BCUT2D eigenvalue weighted by Crippen LogP contribution is -2.35. The van der Waals surface area contributed by atoms with Gasteiger partial charge in [0.1, 0.15) is 11.9 Å². The summed E-state index contributed by atoms with van der Waals surface area (Å²) in [6.07, 6.45) is 1.50. The molecule has 2 heterocycles. The summed E-state index contributed by atoms with van der Waals surface area (Å²) < 4.78 is 24.1. The molecule has 0 unspecified atom stereocenters. The fourth-order valence-electron chi connectivity index (χ4n) is 2.43. The minimum Gasteiger partial charge on any atom is -0.459 e. The van der Waals surface area contributed by atoms with Crippen LogP contribution in [0.25, 0.3) is 11.7 Å². The quantitative estimate of drug-likeness (QED) is 0.743. The molecule has 0 fully saturated rings. The summed E-state index contributed by atoms with van der Waals surface area (Å²) in [6, 6.07) is 8.31. The topological polar surface area (TPSA) is 98.4 Å². The monoisotopic (exact) mass is 330 g/mol. The van der Waals surface area contributed by atoms with E-state index in [1.54, 1.807) is 30.1 Å². The molecule has 2 N–H and O–H groups in total. The van der Waals surface area contributed by atoms with Crippen LogP contribution in [-0.2, 0) is 11.3 Å². The van der Waals surface area contributed by atoms with Crippen LogP contribution >= 0.6 is 0 Å². The van der Waals surface area contributed by atoms with Crippen LogP contribution in [0.2, 0.25) is 0 Å². The number of primary amides is 1. The molecule has 1 amide bonds. The maximum atomic E-state index is 13.4. The summed E-state index contributed by atoms with van der Waals surface area (Å²) in [5.41, 5.74) is 5.93. The van der Waals surface area contributed by atoms with Gasteiger partial charge in [0.2, 0.25) is 11.8 Å². The second-order valence-corrected chi connectivity index (χ2v) is 5.25. The van der Waals surface area contributed by atoms with Crippen molar-refractivity contribution >= 4 is 5.91 Å². The molecule has 1 aromatic carbocycles. The molecule has 24 heavy (non-hydrogen) atoms. The number of benzene rings is 1. The number of hydrogen-bond donors (Lipinski definition) is 1. The van der Waals surface area contributed by atoms with Gasteiger partial charge < -0.3 is 14.6 Å². The first-order valence-corrected chi connectivity index (χ1v) is 7.16. The minimum absolute atomic E-state index is 0.165. The third-order valence-electron chi connectivity index (χ3n) is 3.46. The van der Waals surface area contributed by atoms with Crippen molar-refractivity contribution in [2.75, 3.05) is 7.05 Å². The Balaban J connectivity index is 1.79. The largest absolute Gasteiger partial charge is 0.459 e. The Bertz CT molecular complexity index is 831. The average Bonchev–Trinajstić information content (AvgIpc) is 3.17. The highest BCUT2D eigenvalue weighted by Crippen LogP contribution is 2.23. The van der Waals surface area contributed by atoms with E-state index in [4.69, 9.17) is 14.6 Å². The zero-order valence-electron chi connectivity index (χ0n) is 12.8. The van der Waals surface area contributed by atoms with E-state index in [9.17, 15) is 9.18 Å². The number of amides is 1. The normalized spacial score (nSPS) is 12.5. The third-order valence-corrected chi connectivity index (χ3v) is 3.46. The maximum absolute atomic E-state index is 13.4. The zero-order chi connectivity index (χ0) is 17.1. The summed E-state index contributed by atoms with van der Waals surface area (Å²) in [5, 5.41) is 7.81.